The molecule has 0 saturated carbocycles. The Labute approximate surface area is 133 Å². The minimum absolute atomic E-state index is 0.0308. The number of carbonyl (C=O) groups excluding carboxylic acids is 1. The molecule has 2 rings (SSSR count). The normalized spacial score (nSPS) is 10.3. The highest BCUT2D eigenvalue weighted by Gasteiger charge is 2.09. The van der Waals surface area contributed by atoms with Crippen molar-refractivity contribution in [3.05, 3.63) is 57.6 Å². The molecule has 0 atom stereocenters. The van der Waals surface area contributed by atoms with Crippen LogP contribution < -0.4 is 10.1 Å². The highest BCUT2D eigenvalue weighted by molar-refractivity contribution is 9.10. The molecule has 0 aromatic heterocycles. The average Bonchev–Trinajstić information content (AvgIpc) is 2.43. The van der Waals surface area contributed by atoms with Gasteiger partial charge in [-0.1, -0.05) is 28.1 Å². The topological polar surface area (TPSA) is 38.3 Å². The standard InChI is InChI=1S/C17H18BrNO2/c1-11-7-14(18)8-12(2)17(11)19-16(20)10-13-5-4-6-15(9-13)21-3/h4-9H,10H2,1-3H3,(H,19,20). The Kier molecular flexibility index (Phi) is 5.02. The molecule has 0 aliphatic heterocycles. The van der Waals surface area contributed by atoms with E-state index in [4.69, 9.17) is 4.74 Å². The number of hydrogen-bond donors (Lipinski definition) is 1. The van der Waals surface area contributed by atoms with Crippen LogP contribution in [-0.4, -0.2) is 13.0 Å². The van der Waals surface area contributed by atoms with Crippen molar-refractivity contribution in [3.8, 4) is 5.75 Å². The van der Waals surface area contributed by atoms with Crippen molar-refractivity contribution in [3.63, 3.8) is 0 Å². The third-order valence-corrected chi connectivity index (χ3v) is 3.72. The fourth-order valence-electron chi connectivity index (χ4n) is 2.26. The van der Waals surface area contributed by atoms with E-state index >= 15 is 0 Å². The number of amides is 1. The molecule has 2 aromatic rings. The predicted octanol–water partition coefficient (Wildman–Crippen LogP) is 4.26. The fourth-order valence-corrected chi connectivity index (χ4v) is 2.95. The van der Waals surface area contributed by atoms with Gasteiger partial charge < -0.3 is 10.1 Å². The summed E-state index contributed by atoms with van der Waals surface area (Å²) in [5.41, 5.74) is 3.90. The number of nitrogens with one attached hydrogen (secondary N) is 1. The highest BCUT2D eigenvalue weighted by atomic mass is 79.9. The lowest BCUT2D eigenvalue weighted by Crippen LogP contribution is -2.16. The van der Waals surface area contributed by atoms with Crippen LogP contribution in [0.1, 0.15) is 16.7 Å². The highest BCUT2D eigenvalue weighted by Crippen LogP contribution is 2.25. The van der Waals surface area contributed by atoms with Gasteiger partial charge in [-0.05, 0) is 54.8 Å². The van der Waals surface area contributed by atoms with Crippen LogP contribution in [0, 0.1) is 13.8 Å². The first kappa shape index (κ1) is 15.6. The SMILES string of the molecule is COc1cccc(CC(=O)Nc2c(C)cc(Br)cc2C)c1. The molecule has 110 valence electrons. The second-order valence-corrected chi connectivity index (χ2v) is 5.91. The Bertz CT molecular complexity index is 645. The lowest BCUT2D eigenvalue weighted by Gasteiger charge is -2.12. The van der Waals surface area contributed by atoms with Crippen LogP contribution in [0.5, 0.6) is 5.75 Å². The minimum atomic E-state index is -0.0308. The van der Waals surface area contributed by atoms with Crippen molar-refractivity contribution in [2.75, 3.05) is 12.4 Å². The van der Waals surface area contributed by atoms with Gasteiger partial charge in [-0.2, -0.15) is 0 Å². The van der Waals surface area contributed by atoms with Crippen molar-refractivity contribution in [2.24, 2.45) is 0 Å². The summed E-state index contributed by atoms with van der Waals surface area (Å²) in [6, 6.07) is 11.5. The quantitative estimate of drug-likeness (QED) is 0.897. The molecule has 1 amide bonds. The summed E-state index contributed by atoms with van der Waals surface area (Å²) in [6.07, 6.45) is 0.326. The third-order valence-electron chi connectivity index (χ3n) is 3.26. The van der Waals surface area contributed by atoms with Crippen molar-refractivity contribution < 1.29 is 9.53 Å². The molecule has 0 fully saturated rings. The number of methoxy groups -OCH3 is 1. The molecule has 0 heterocycles. The van der Waals surface area contributed by atoms with Gasteiger partial charge >= 0.3 is 0 Å². The summed E-state index contributed by atoms with van der Waals surface area (Å²) in [4.78, 5) is 12.2. The zero-order valence-electron chi connectivity index (χ0n) is 12.4. The minimum Gasteiger partial charge on any atom is -0.497 e. The molecule has 0 radical (unpaired) electrons. The molecular formula is C17H18BrNO2. The van der Waals surface area contributed by atoms with Gasteiger partial charge in [-0.25, -0.2) is 0 Å². The van der Waals surface area contributed by atoms with Crippen molar-refractivity contribution in [1.29, 1.82) is 0 Å². The zero-order chi connectivity index (χ0) is 15.4. The Hall–Kier alpha value is -1.81. The third kappa shape index (κ3) is 4.08. The van der Waals surface area contributed by atoms with E-state index < -0.39 is 0 Å². The van der Waals surface area contributed by atoms with E-state index in [0.717, 1.165) is 32.6 Å². The summed E-state index contributed by atoms with van der Waals surface area (Å²) in [5, 5.41) is 2.99. The Morgan fingerprint density at radius 2 is 1.86 bits per heavy atom. The molecule has 21 heavy (non-hydrogen) atoms. The first-order valence-corrected chi connectivity index (χ1v) is 7.48. The van der Waals surface area contributed by atoms with E-state index in [1.54, 1.807) is 7.11 Å². The number of ether oxygens (including phenoxy) is 1. The summed E-state index contributed by atoms with van der Waals surface area (Å²) >= 11 is 3.46. The van der Waals surface area contributed by atoms with Crippen LogP contribution in [0.2, 0.25) is 0 Å². The molecule has 0 spiro atoms. The van der Waals surface area contributed by atoms with Crippen LogP contribution in [-0.2, 0) is 11.2 Å². The van der Waals surface area contributed by atoms with Gasteiger partial charge in [0, 0.05) is 10.2 Å². The maximum atomic E-state index is 12.2. The maximum Gasteiger partial charge on any atom is 0.228 e. The molecule has 2 aromatic carbocycles. The van der Waals surface area contributed by atoms with Crippen LogP contribution in [0.4, 0.5) is 5.69 Å². The first-order chi connectivity index (χ1) is 9.99. The molecule has 0 saturated heterocycles. The summed E-state index contributed by atoms with van der Waals surface area (Å²) in [6.45, 7) is 3.97. The van der Waals surface area contributed by atoms with Gasteiger partial charge in [-0.3, -0.25) is 4.79 Å². The van der Waals surface area contributed by atoms with Gasteiger partial charge in [0.1, 0.15) is 5.75 Å². The second-order valence-electron chi connectivity index (χ2n) is 4.99. The van der Waals surface area contributed by atoms with Gasteiger partial charge in [-0.15, -0.1) is 0 Å². The van der Waals surface area contributed by atoms with Gasteiger partial charge in [0.15, 0.2) is 0 Å². The van der Waals surface area contributed by atoms with Crippen molar-refractivity contribution in [1.82, 2.24) is 0 Å². The van der Waals surface area contributed by atoms with Crippen LogP contribution in [0.3, 0.4) is 0 Å². The Balaban J connectivity index is 2.12. The number of hydrogen-bond acceptors (Lipinski definition) is 2. The van der Waals surface area contributed by atoms with E-state index in [2.05, 4.69) is 21.2 Å². The molecule has 3 nitrogen and oxygen atoms in total. The van der Waals surface area contributed by atoms with Crippen LogP contribution in [0.25, 0.3) is 0 Å². The van der Waals surface area contributed by atoms with E-state index in [0.29, 0.717) is 6.42 Å². The largest absolute Gasteiger partial charge is 0.497 e. The molecule has 0 unspecified atom stereocenters. The molecule has 0 bridgehead atoms. The number of carbonyl (C=O) groups is 1. The Morgan fingerprint density at radius 3 is 2.48 bits per heavy atom. The second kappa shape index (κ2) is 6.76. The predicted molar refractivity (Wildman–Crippen MR) is 88.9 cm³/mol. The first-order valence-electron chi connectivity index (χ1n) is 6.69. The maximum absolute atomic E-state index is 12.2. The molecular weight excluding hydrogens is 330 g/mol. The summed E-state index contributed by atoms with van der Waals surface area (Å²) < 4.78 is 6.19. The van der Waals surface area contributed by atoms with Crippen LogP contribution >= 0.6 is 15.9 Å². The molecule has 1 N–H and O–H groups in total. The zero-order valence-corrected chi connectivity index (χ0v) is 14.0. The monoisotopic (exact) mass is 347 g/mol. The average molecular weight is 348 g/mol. The summed E-state index contributed by atoms with van der Waals surface area (Å²) in [5.74, 6) is 0.730. The van der Waals surface area contributed by atoms with Crippen molar-refractivity contribution in [2.45, 2.75) is 20.3 Å². The summed E-state index contributed by atoms with van der Waals surface area (Å²) in [7, 11) is 1.62. The lowest BCUT2D eigenvalue weighted by molar-refractivity contribution is -0.115. The van der Waals surface area contributed by atoms with Gasteiger partial charge in [0.05, 0.1) is 13.5 Å². The van der Waals surface area contributed by atoms with E-state index in [1.807, 2.05) is 50.2 Å². The van der Waals surface area contributed by atoms with Gasteiger partial charge in [0.2, 0.25) is 5.91 Å². The fraction of sp³-hybridized carbons (Fsp3) is 0.235. The van der Waals surface area contributed by atoms with Crippen molar-refractivity contribution >= 4 is 27.5 Å². The molecule has 4 heteroatoms. The number of halogens is 1. The lowest BCUT2D eigenvalue weighted by atomic mass is 10.1. The van der Waals surface area contributed by atoms with E-state index in [9.17, 15) is 4.79 Å². The smallest absolute Gasteiger partial charge is 0.228 e. The number of rotatable bonds is 4. The van der Waals surface area contributed by atoms with Crippen LogP contribution in [0.15, 0.2) is 40.9 Å². The van der Waals surface area contributed by atoms with E-state index in [1.165, 1.54) is 0 Å². The van der Waals surface area contributed by atoms with E-state index in [-0.39, 0.29) is 5.91 Å². The molecule has 0 aliphatic carbocycles. The Morgan fingerprint density at radius 1 is 1.19 bits per heavy atom. The number of benzene rings is 2. The number of anilines is 1. The number of aryl methyl sites for hydroxylation is 2. The van der Waals surface area contributed by atoms with Gasteiger partial charge in [0.25, 0.3) is 0 Å². The molecule has 0 aliphatic rings.